The SMILES string of the molecule is CCOC(=O)c1cc(Cl)c(Cl)c(I)c1. The van der Waals surface area contributed by atoms with Gasteiger partial charge in [-0.15, -0.1) is 0 Å². The minimum absolute atomic E-state index is 0.343. The zero-order chi connectivity index (χ0) is 10.7. The molecule has 0 spiro atoms. The Kier molecular flexibility index (Phi) is 4.47. The Morgan fingerprint density at radius 3 is 2.64 bits per heavy atom. The van der Waals surface area contributed by atoms with Gasteiger partial charge in [0.2, 0.25) is 0 Å². The lowest BCUT2D eigenvalue weighted by Crippen LogP contribution is -2.04. The van der Waals surface area contributed by atoms with Crippen LogP contribution in [-0.2, 0) is 4.74 Å². The maximum Gasteiger partial charge on any atom is 0.338 e. The third kappa shape index (κ3) is 2.74. The zero-order valence-electron chi connectivity index (χ0n) is 7.31. The molecule has 5 heteroatoms. The first kappa shape index (κ1) is 12.1. The molecule has 1 aromatic carbocycles. The summed E-state index contributed by atoms with van der Waals surface area (Å²) in [6, 6.07) is 3.15. The Hall–Kier alpha value is -0.000000000000000111. The molecule has 0 N–H and O–H groups in total. The lowest BCUT2D eigenvalue weighted by molar-refractivity contribution is 0.0526. The summed E-state index contributed by atoms with van der Waals surface area (Å²) < 4.78 is 5.57. The smallest absolute Gasteiger partial charge is 0.338 e. The number of rotatable bonds is 2. The van der Waals surface area contributed by atoms with Gasteiger partial charge < -0.3 is 4.74 Å². The lowest BCUT2D eigenvalue weighted by Gasteiger charge is -2.04. The summed E-state index contributed by atoms with van der Waals surface area (Å²) in [5, 5.41) is 0.821. The standard InChI is InChI=1S/C9H7Cl2IO2/c1-2-14-9(13)5-3-6(10)8(11)7(12)4-5/h3-4H,2H2,1H3. The van der Waals surface area contributed by atoms with Gasteiger partial charge in [-0.05, 0) is 41.6 Å². The molecule has 0 aliphatic heterocycles. The number of ether oxygens (including phenoxy) is 1. The molecule has 14 heavy (non-hydrogen) atoms. The van der Waals surface area contributed by atoms with E-state index in [2.05, 4.69) is 0 Å². The quantitative estimate of drug-likeness (QED) is 0.463. The summed E-state index contributed by atoms with van der Waals surface area (Å²) in [5.74, 6) is -0.385. The minimum atomic E-state index is -0.385. The van der Waals surface area contributed by atoms with E-state index in [1.807, 2.05) is 22.6 Å². The van der Waals surface area contributed by atoms with E-state index in [-0.39, 0.29) is 5.97 Å². The van der Waals surface area contributed by atoms with Crippen LogP contribution in [0.5, 0.6) is 0 Å². The van der Waals surface area contributed by atoms with E-state index < -0.39 is 0 Å². The second-order valence-corrected chi connectivity index (χ2v) is 4.42. The molecule has 2 nitrogen and oxygen atoms in total. The van der Waals surface area contributed by atoms with Crippen molar-refractivity contribution in [3.8, 4) is 0 Å². The minimum Gasteiger partial charge on any atom is -0.462 e. The zero-order valence-corrected chi connectivity index (χ0v) is 11.0. The lowest BCUT2D eigenvalue weighted by atomic mass is 10.2. The number of hydrogen-bond donors (Lipinski definition) is 0. The van der Waals surface area contributed by atoms with Gasteiger partial charge in [0.1, 0.15) is 0 Å². The highest BCUT2D eigenvalue weighted by Gasteiger charge is 2.11. The summed E-state index contributed by atoms with van der Waals surface area (Å²) in [4.78, 5) is 11.3. The van der Waals surface area contributed by atoms with Crippen LogP contribution in [0, 0.1) is 3.57 Å². The molecule has 0 heterocycles. The topological polar surface area (TPSA) is 26.3 Å². The Morgan fingerprint density at radius 2 is 2.14 bits per heavy atom. The molecule has 0 amide bonds. The Morgan fingerprint density at radius 1 is 1.50 bits per heavy atom. The highest BCUT2D eigenvalue weighted by molar-refractivity contribution is 14.1. The fraction of sp³-hybridized carbons (Fsp3) is 0.222. The molecule has 0 radical (unpaired) electrons. The molecule has 0 saturated heterocycles. The molecule has 0 fully saturated rings. The Bertz CT molecular complexity index is 343. The van der Waals surface area contributed by atoms with Crippen LogP contribution in [0.4, 0.5) is 0 Å². The maximum atomic E-state index is 11.3. The summed E-state index contributed by atoms with van der Waals surface area (Å²) >= 11 is 13.7. The second-order valence-electron chi connectivity index (χ2n) is 2.47. The molecular weight excluding hydrogens is 338 g/mol. The summed E-state index contributed by atoms with van der Waals surface area (Å²) in [7, 11) is 0. The maximum absolute atomic E-state index is 11.3. The molecule has 1 aromatic rings. The fourth-order valence-corrected chi connectivity index (χ4v) is 2.00. The van der Waals surface area contributed by atoms with Crippen molar-refractivity contribution in [1.29, 1.82) is 0 Å². The normalized spacial score (nSPS) is 10.0. The van der Waals surface area contributed by atoms with Crippen molar-refractivity contribution in [1.82, 2.24) is 0 Å². The monoisotopic (exact) mass is 344 g/mol. The molecular formula is C9H7Cl2IO2. The van der Waals surface area contributed by atoms with Gasteiger partial charge in [-0.25, -0.2) is 4.79 Å². The van der Waals surface area contributed by atoms with Crippen molar-refractivity contribution in [3.05, 3.63) is 31.3 Å². The molecule has 76 valence electrons. The number of benzene rings is 1. The van der Waals surface area contributed by atoms with Gasteiger partial charge in [0.05, 0.1) is 22.2 Å². The van der Waals surface area contributed by atoms with Gasteiger partial charge in [0, 0.05) is 3.57 Å². The van der Waals surface area contributed by atoms with Gasteiger partial charge in [-0.2, -0.15) is 0 Å². The second kappa shape index (κ2) is 5.19. The van der Waals surface area contributed by atoms with Crippen molar-refractivity contribution < 1.29 is 9.53 Å². The van der Waals surface area contributed by atoms with Gasteiger partial charge in [0.25, 0.3) is 0 Å². The first-order valence-corrected chi connectivity index (χ1v) is 5.71. The first-order valence-electron chi connectivity index (χ1n) is 3.88. The Balaban J connectivity index is 3.06. The van der Waals surface area contributed by atoms with Crippen molar-refractivity contribution in [2.75, 3.05) is 6.61 Å². The molecule has 1 rings (SSSR count). The average molecular weight is 345 g/mol. The van der Waals surface area contributed by atoms with Crippen LogP contribution in [0.25, 0.3) is 0 Å². The molecule has 0 aliphatic carbocycles. The Labute approximate surface area is 106 Å². The number of carbonyl (C=O) groups is 1. The highest BCUT2D eigenvalue weighted by atomic mass is 127. The van der Waals surface area contributed by atoms with Crippen LogP contribution in [0.3, 0.4) is 0 Å². The number of hydrogen-bond acceptors (Lipinski definition) is 2. The predicted molar refractivity (Wildman–Crippen MR) is 65.1 cm³/mol. The van der Waals surface area contributed by atoms with Gasteiger partial charge >= 0.3 is 5.97 Å². The molecule has 0 bridgehead atoms. The summed E-state index contributed by atoms with van der Waals surface area (Å²) in [6.07, 6.45) is 0. The largest absolute Gasteiger partial charge is 0.462 e. The molecule has 0 aromatic heterocycles. The van der Waals surface area contributed by atoms with E-state index in [0.29, 0.717) is 22.2 Å². The van der Waals surface area contributed by atoms with Crippen LogP contribution >= 0.6 is 45.8 Å². The van der Waals surface area contributed by atoms with E-state index in [1.165, 1.54) is 6.07 Å². The molecule has 0 aliphatic rings. The molecule has 0 atom stereocenters. The first-order chi connectivity index (χ1) is 6.56. The van der Waals surface area contributed by atoms with E-state index in [4.69, 9.17) is 27.9 Å². The number of halogens is 3. The third-order valence-electron chi connectivity index (χ3n) is 1.49. The van der Waals surface area contributed by atoms with Crippen molar-refractivity contribution in [2.45, 2.75) is 6.92 Å². The van der Waals surface area contributed by atoms with Gasteiger partial charge in [-0.3, -0.25) is 0 Å². The van der Waals surface area contributed by atoms with Crippen LogP contribution in [-0.4, -0.2) is 12.6 Å². The number of esters is 1. The molecule has 0 saturated carbocycles. The number of carbonyl (C=O) groups excluding carboxylic acids is 1. The average Bonchev–Trinajstić information content (AvgIpc) is 2.13. The fourth-order valence-electron chi connectivity index (χ4n) is 0.888. The predicted octanol–water partition coefficient (Wildman–Crippen LogP) is 3.77. The highest BCUT2D eigenvalue weighted by Crippen LogP contribution is 2.28. The summed E-state index contributed by atoms with van der Waals surface area (Å²) in [5.41, 5.74) is 0.422. The van der Waals surface area contributed by atoms with Crippen LogP contribution < -0.4 is 0 Å². The van der Waals surface area contributed by atoms with Gasteiger partial charge in [0.15, 0.2) is 0 Å². The van der Waals surface area contributed by atoms with Gasteiger partial charge in [-0.1, -0.05) is 23.2 Å². The van der Waals surface area contributed by atoms with Crippen LogP contribution in [0.1, 0.15) is 17.3 Å². The van der Waals surface area contributed by atoms with Crippen molar-refractivity contribution in [2.24, 2.45) is 0 Å². The summed E-state index contributed by atoms with van der Waals surface area (Å²) in [6.45, 7) is 2.09. The van der Waals surface area contributed by atoms with E-state index >= 15 is 0 Å². The van der Waals surface area contributed by atoms with Crippen molar-refractivity contribution in [3.63, 3.8) is 0 Å². The molecule has 0 unspecified atom stereocenters. The van der Waals surface area contributed by atoms with Crippen LogP contribution in [0.15, 0.2) is 12.1 Å². The van der Waals surface area contributed by atoms with E-state index in [1.54, 1.807) is 13.0 Å². The van der Waals surface area contributed by atoms with Crippen molar-refractivity contribution >= 4 is 51.8 Å². The van der Waals surface area contributed by atoms with E-state index in [9.17, 15) is 4.79 Å². The third-order valence-corrected chi connectivity index (χ3v) is 3.47. The van der Waals surface area contributed by atoms with E-state index in [0.717, 1.165) is 3.57 Å². The van der Waals surface area contributed by atoms with Crippen LogP contribution in [0.2, 0.25) is 10.0 Å².